The lowest BCUT2D eigenvalue weighted by molar-refractivity contribution is -0.144. The number of rotatable bonds is 2. The molecule has 0 aliphatic heterocycles. The fourth-order valence-electron chi connectivity index (χ4n) is 0.236. The standard InChI is InChI=1S/C5H10O2.C4H10O.3C4H10/c1-4(2)5(6)7-3;1-4(2)5-3;3*1-4(2)3/h4H,1-3H3;4H,1-3H3;3*4H,1-3H3. The van der Waals surface area contributed by atoms with Gasteiger partial charge in [-0.25, -0.2) is 0 Å². The Kier molecular flexibility index (Phi) is 39.5. The molecule has 0 fully saturated rings. The average molecular weight is 351 g/mol. The summed E-state index contributed by atoms with van der Waals surface area (Å²) in [6, 6.07) is 0. The normalized spacial score (nSPS) is 9.17. The highest BCUT2D eigenvalue weighted by atomic mass is 16.5. The van der Waals surface area contributed by atoms with E-state index in [2.05, 4.69) is 67.1 Å². The van der Waals surface area contributed by atoms with Crippen molar-refractivity contribution in [1.29, 1.82) is 0 Å². The van der Waals surface area contributed by atoms with Gasteiger partial charge in [-0.05, 0) is 31.6 Å². The van der Waals surface area contributed by atoms with Crippen molar-refractivity contribution >= 4 is 5.97 Å². The highest BCUT2D eigenvalue weighted by Gasteiger charge is 2.03. The molecule has 0 aliphatic rings. The van der Waals surface area contributed by atoms with Crippen molar-refractivity contribution in [2.24, 2.45) is 23.7 Å². The molecule has 0 radical (unpaired) electrons. The van der Waals surface area contributed by atoms with Crippen LogP contribution in [0.15, 0.2) is 0 Å². The largest absolute Gasteiger partial charge is 0.469 e. The Morgan fingerprint density at radius 1 is 0.583 bits per heavy atom. The van der Waals surface area contributed by atoms with E-state index in [0.717, 1.165) is 17.8 Å². The zero-order valence-electron chi connectivity index (χ0n) is 19.6. The van der Waals surface area contributed by atoms with E-state index >= 15 is 0 Å². The molecular weight excluding hydrogens is 300 g/mol. The smallest absolute Gasteiger partial charge is 0.308 e. The van der Waals surface area contributed by atoms with Gasteiger partial charge in [0.1, 0.15) is 0 Å². The third-order valence-electron chi connectivity index (χ3n) is 1.14. The first-order chi connectivity index (χ1) is 10.6. The fourth-order valence-corrected chi connectivity index (χ4v) is 0.236. The maximum absolute atomic E-state index is 10.3. The number of ether oxygens (including phenoxy) is 2. The molecule has 0 saturated carbocycles. The third-order valence-corrected chi connectivity index (χ3v) is 1.14. The van der Waals surface area contributed by atoms with Crippen molar-refractivity contribution in [2.45, 2.75) is 96.1 Å². The third kappa shape index (κ3) is 162. The average Bonchev–Trinajstić information content (AvgIpc) is 2.36. The second-order valence-corrected chi connectivity index (χ2v) is 8.16. The topological polar surface area (TPSA) is 35.5 Å². The molecule has 3 nitrogen and oxygen atoms in total. The second kappa shape index (κ2) is 27.3. The number of hydrogen-bond donors (Lipinski definition) is 0. The number of esters is 1. The molecular formula is C21H50O3. The minimum atomic E-state index is -0.153. The quantitative estimate of drug-likeness (QED) is 0.511. The van der Waals surface area contributed by atoms with Gasteiger partial charge in [0.05, 0.1) is 19.1 Å². The van der Waals surface area contributed by atoms with Crippen LogP contribution < -0.4 is 0 Å². The molecule has 0 unspecified atom stereocenters. The van der Waals surface area contributed by atoms with Gasteiger partial charge in [0.2, 0.25) is 0 Å². The van der Waals surface area contributed by atoms with Crippen molar-refractivity contribution in [3.8, 4) is 0 Å². The van der Waals surface area contributed by atoms with E-state index in [0.29, 0.717) is 6.10 Å². The Bertz CT molecular complexity index is 185. The van der Waals surface area contributed by atoms with Gasteiger partial charge in [0.15, 0.2) is 0 Å². The number of hydrogen-bond acceptors (Lipinski definition) is 3. The van der Waals surface area contributed by atoms with Crippen LogP contribution in [0.5, 0.6) is 0 Å². The van der Waals surface area contributed by atoms with Crippen molar-refractivity contribution in [3.05, 3.63) is 0 Å². The van der Waals surface area contributed by atoms with Crippen LogP contribution in [0.25, 0.3) is 0 Å². The molecule has 3 heteroatoms. The van der Waals surface area contributed by atoms with E-state index in [1.165, 1.54) is 7.11 Å². The van der Waals surface area contributed by atoms with Crippen LogP contribution in [-0.4, -0.2) is 26.3 Å². The van der Waals surface area contributed by atoms with Gasteiger partial charge >= 0.3 is 5.97 Å². The predicted molar refractivity (Wildman–Crippen MR) is 111 cm³/mol. The van der Waals surface area contributed by atoms with E-state index in [1.54, 1.807) is 21.0 Å². The van der Waals surface area contributed by atoms with Gasteiger partial charge in [-0.2, -0.15) is 0 Å². The Morgan fingerprint density at radius 3 is 0.750 bits per heavy atom. The highest BCUT2D eigenvalue weighted by Crippen LogP contribution is 1.91. The lowest BCUT2D eigenvalue weighted by atomic mass is 10.2. The SMILES string of the molecule is CC(C)C.CC(C)C.CC(C)C.COC(=O)C(C)C.COC(C)C. The molecule has 0 aromatic rings. The van der Waals surface area contributed by atoms with Crippen molar-refractivity contribution in [1.82, 2.24) is 0 Å². The summed E-state index contributed by atoms with van der Waals surface area (Å²) in [4.78, 5) is 10.3. The van der Waals surface area contributed by atoms with Gasteiger partial charge in [0.25, 0.3) is 0 Å². The summed E-state index contributed by atoms with van der Waals surface area (Å²) in [6.07, 6.45) is 0.384. The molecule has 0 aromatic heterocycles. The van der Waals surface area contributed by atoms with E-state index in [-0.39, 0.29) is 11.9 Å². The molecule has 0 bridgehead atoms. The predicted octanol–water partition coefficient (Wildman–Crippen LogP) is 6.84. The summed E-state index contributed by atoms with van der Waals surface area (Å²) in [5.41, 5.74) is 0. The number of carbonyl (C=O) groups is 1. The zero-order valence-corrected chi connectivity index (χ0v) is 19.6. The molecule has 152 valence electrons. The van der Waals surface area contributed by atoms with Crippen LogP contribution in [0, 0.1) is 23.7 Å². The zero-order chi connectivity index (χ0) is 20.9. The first-order valence-electron chi connectivity index (χ1n) is 9.25. The van der Waals surface area contributed by atoms with Gasteiger partial charge in [-0.1, -0.05) is 76.2 Å². The molecule has 0 aromatic carbocycles. The maximum Gasteiger partial charge on any atom is 0.308 e. The summed E-state index contributed by atoms with van der Waals surface area (Å²) in [7, 11) is 3.09. The van der Waals surface area contributed by atoms with Gasteiger partial charge in [-0.3, -0.25) is 4.79 Å². The van der Waals surface area contributed by atoms with E-state index in [1.807, 2.05) is 13.8 Å². The molecule has 0 rings (SSSR count). The molecule has 0 N–H and O–H groups in total. The maximum atomic E-state index is 10.3. The molecule has 0 amide bonds. The van der Waals surface area contributed by atoms with Crippen LogP contribution >= 0.6 is 0 Å². The van der Waals surface area contributed by atoms with Crippen LogP contribution in [0.3, 0.4) is 0 Å². The Morgan fingerprint density at radius 2 is 0.750 bits per heavy atom. The van der Waals surface area contributed by atoms with Crippen LogP contribution in [0.1, 0.15) is 90.0 Å². The summed E-state index contributed by atoms with van der Waals surface area (Å²) < 4.78 is 9.12. The molecule has 0 aliphatic carbocycles. The summed E-state index contributed by atoms with van der Waals surface area (Å²) >= 11 is 0. The molecule has 0 heterocycles. The minimum absolute atomic E-state index is 0.00463. The summed E-state index contributed by atoms with van der Waals surface area (Å²) in [5.74, 6) is 2.35. The highest BCUT2D eigenvalue weighted by molar-refractivity contribution is 5.71. The van der Waals surface area contributed by atoms with Gasteiger partial charge in [-0.15, -0.1) is 0 Å². The lowest BCUT2D eigenvalue weighted by Crippen LogP contribution is -2.07. The van der Waals surface area contributed by atoms with E-state index < -0.39 is 0 Å². The fraction of sp³-hybridized carbons (Fsp3) is 0.952. The van der Waals surface area contributed by atoms with Crippen molar-refractivity contribution < 1.29 is 14.3 Å². The monoisotopic (exact) mass is 350 g/mol. The molecule has 0 saturated heterocycles. The summed E-state index contributed by atoms with van der Waals surface area (Å²) in [5, 5.41) is 0. The second-order valence-electron chi connectivity index (χ2n) is 8.16. The van der Waals surface area contributed by atoms with Gasteiger partial charge in [0, 0.05) is 7.11 Å². The Hall–Kier alpha value is -0.570. The molecule has 0 atom stereocenters. The first-order valence-corrected chi connectivity index (χ1v) is 9.25. The minimum Gasteiger partial charge on any atom is -0.469 e. The molecule has 24 heavy (non-hydrogen) atoms. The Labute approximate surface area is 154 Å². The first kappa shape index (κ1) is 34.7. The van der Waals surface area contributed by atoms with Crippen LogP contribution in [-0.2, 0) is 14.3 Å². The number of carbonyl (C=O) groups excluding carboxylic acids is 1. The van der Waals surface area contributed by atoms with Crippen LogP contribution in [0.2, 0.25) is 0 Å². The van der Waals surface area contributed by atoms with Crippen LogP contribution in [0.4, 0.5) is 0 Å². The molecule has 0 spiro atoms. The van der Waals surface area contributed by atoms with Crippen molar-refractivity contribution in [3.63, 3.8) is 0 Å². The van der Waals surface area contributed by atoms with E-state index in [9.17, 15) is 4.79 Å². The lowest BCUT2D eigenvalue weighted by Gasteiger charge is -1.97. The summed E-state index contributed by atoms with van der Waals surface area (Å²) in [6.45, 7) is 27.1. The van der Waals surface area contributed by atoms with E-state index in [4.69, 9.17) is 4.74 Å². The van der Waals surface area contributed by atoms with Gasteiger partial charge < -0.3 is 9.47 Å². The van der Waals surface area contributed by atoms with Crippen molar-refractivity contribution in [2.75, 3.05) is 14.2 Å². The number of methoxy groups -OCH3 is 2. The Balaban J connectivity index is -0.0000000642.